The number of carbonyl (C=O) groups is 3. The summed E-state index contributed by atoms with van der Waals surface area (Å²) in [5.41, 5.74) is 0.311. The normalized spacial score (nSPS) is 15.2. The van der Waals surface area contributed by atoms with E-state index in [2.05, 4.69) is 16.0 Å². The Morgan fingerprint density at radius 1 is 0.914 bits per heavy atom. The summed E-state index contributed by atoms with van der Waals surface area (Å²) in [6, 6.07) is 8.24. The fraction of sp³-hybridized carbons (Fsp3) is 0.667. The van der Waals surface area contributed by atoms with Gasteiger partial charge in [-0.15, -0.1) is 0 Å². The van der Waals surface area contributed by atoms with Crippen LogP contribution in [-0.4, -0.2) is 46.8 Å². The quantitative estimate of drug-likeness (QED) is 0.355. The Bertz CT molecular complexity index is 805. The Balaban J connectivity index is 2.77. The molecule has 4 N–H and O–H groups in total. The number of carbonyl (C=O) groups excluding carboxylic acids is 3. The molecule has 0 saturated carbocycles. The third-order valence-corrected chi connectivity index (χ3v) is 5.59. The molecule has 0 aromatic heterocycles. The van der Waals surface area contributed by atoms with Gasteiger partial charge in [-0.1, -0.05) is 58.0 Å². The molecule has 3 amide bonds. The lowest BCUT2D eigenvalue weighted by atomic mass is 9.85. The molecule has 8 heteroatoms. The van der Waals surface area contributed by atoms with Crippen molar-refractivity contribution in [2.75, 3.05) is 0 Å². The lowest BCUT2D eigenvalue weighted by molar-refractivity contribution is -0.132. The summed E-state index contributed by atoms with van der Waals surface area (Å²) in [7, 11) is 0. The molecule has 35 heavy (non-hydrogen) atoms. The summed E-state index contributed by atoms with van der Waals surface area (Å²) in [5, 5.41) is 19.4. The van der Waals surface area contributed by atoms with Gasteiger partial charge in [0.25, 0.3) is 0 Å². The fourth-order valence-electron chi connectivity index (χ4n) is 3.71. The van der Waals surface area contributed by atoms with E-state index in [0.717, 1.165) is 5.56 Å². The van der Waals surface area contributed by atoms with Gasteiger partial charge in [0.05, 0.1) is 12.1 Å². The van der Waals surface area contributed by atoms with E-state index in [-0.39, 0.29) is 30.1 Å². The summed E-state index contributed by atoms with van der Waals surface area (Å²) >= 11 is 0. The number of aliphatic hydroxyl groups is 1. The molecule has 1 rings (SSSR count). The van der Waals surface area contributed by atoms with Crippen molar-refractivity contribution in [1.29, 1.82) is 0 Å². The van der Waals surface area contributed by atoms with Crippen molar-refractivity contribution in [3.63, 3.8) is 0 Å². The number of alkyl carbamates (subject to hydrolysis) is 1. The van der Waals surface area contributed by atoms with E-state index in [9.17, 15) is 19.5 Å². The number of ether oxygens (including phenoxy) is 1. The molecule has 1 aromatic carbocycles. The lowest BCUT2D eigenvalue weighted by Gasteiger charge is -2.31. The van der Waals surface area contributed by atoms with E-state index in [1.54, 1.807) is 27.7 Å². The molecule has 4 atom stereocenters. The highest BCUT2D eigenvalue weighted by atomic mass is 16.6. The van der Waals surface area contributed by atoms with E-state index in [1.807, 2.05) is 58.0 Å². The maximum atomic E-state index is 13.0. The zero-order valence-corrected chi connectivity index (χ0v) is 22.6. The molecule has 8 nitrogen and oxygen atoms in total. The largest absolute Gasteiger partial charge is 0.444 e. The molecule has 0 fully saturated rings. The molecule has 1 aromatic rings. The van der Waals surface area contributed by atoms with Crippen molar-refractivity contribution in [2.45, 2.75) is 98.6 Å². The summed E-state index contributed by atoms with van der Waals surface area (Å²) < 4.78 is 5.35. The van der Waals surface area contributed by atoms with Crippen LogP contribution < -0.4 is 16.0 Å². The second-order valence-corrected chi connectivity index (χ2v) is 11.0. The minimum absolute atomic E-state index is 0.0783. The lowest BCUT2D eigenvalue weighted by Crippen LogP contribution is -2.50. The second kappa shape index (κ2) is 14.1. The SMILES string of the molecule is CC(C)C[C@H](NC(=O)OC(C)(C)C)[C@@H](O)C[C@H](C(=O)N[C@@H](C)C(=O)NCc1ccccc1)C(C)C. The molecule has 0 spiro atoms. The molecule has 0 aliphatic carbocycles. The number of nitrogens with one attached hydrogen (secondary N) is 3. The van der Waals surface area contributed by atoms with Crippen LogP contribution in [0.2, 0.25) is 0 Å². The van der Waals surface area contributed by atoms with E-state index >= 15 is 0 Å². The average molecular weight is 492 g/mol. The monoisotopic (exact) mass is 491 g/mol. The van der Waals surface area contributed by atoms with Crippen molar-refractivity contribution in [3.05, 3.63) is 35.9 Å². The highest BCUT2D eigenvalue weighted by Crippen LogP contribution is 2.22. The minimum Gasteiger partial charge on any atom is -0.444 e. The standard InChI is InChI=1S/C27H45N3O5/c1-17(2)14-22(30-26(34)35-27(6,7)8)23(31)15-21(18(3)4)25(33)29-19(5)24(32)28-16-20-12-10-9-11-13-20/h9-13,17-19,21-23,31H,14-16H2,1-8H3,(H,28,32)(H,29,33)(H,30,34)/t19-,21-,22-,23-/m0/s1. The van der Waals surface area contributed by atoms with Crippen LogP contribution in [0, 0.1) is 17.8 Å². The number of amides is 3. The van der Waals surface area contributed by atoms with Crippen molar-refractivity contribution in [3.8, 4) is 0 Å². The van der Waals surface area contributed by atoms with Crippen LogP contribution in [0.15, 0.2) is 30.3 Å². The highest BCUT2D eigenvalue weighted by molar-refractivity contribution is 5.88. The van der Waals surface area contributed by atoms with Gasteiger partial charge in [0.15, 0.2) is 0 Å². The second-order valence-electron chi connectivity index (χ2n) is 11.0. The van der Waals surface area contributed by atoms with Crippen molar-refractivity contribution in [2.24, 2.45) is 17.8 Å². The first-order valence-electron chi connectivity index (χ1n) is 12.5. The maximum Gasteiger partial charge on any atom is 0.407 e. The van der Waals surface area contributed by atoms with E-state index in [1.165, 1.54) is 0 Å². The zero-order chi connectivity index (χ0) is 26.8. The summed E-state index contributed by atoms with van der Waals surface area (Å²) in [5.74, 6) is -0.990. The first kappa shape index (κ1) is 30.4. The molecule has 0 saturated heterocycles. The van der Waals surface area contributed by atoms with Crippen LogP contribution in [0.5, 0.6) is 0 Å². The number of benzene rings is 1. The van der Waals surface area contributed by atoms with Crippen LogP contribution in [0.25, 0.3) is 0 Å². The Morgan fingerprint density at radius 3 is 2.03 bits per heavy atom. The van der Waals surface area contributed by atoms with Gasteiger partial charge in [-0.3, -0.25) is 9.59 Å². The van der Waals surface area contributed by atoms with Gasteiger partial charge in [-0.05, 0) is 57.9 Å². The first-order chi connectivity index (χ1) is 16.2. The number of hydrogen-bond donors (Lipinski definition) is 4. The molecule has 0 aliphatic rings. The van der Waals surface area contributed by atoms with Crippen LogP contribution in [0.4, 0.5) is 4.79 Å². The summed E-state index contributed by atoms with van der Waals surface area (Å²) in [6.07, 6.45) is -0.873. The topological polar surface area (TPSA) is 117 Å². The Kier molecular flexibility index (Phi) is 12.2. The van der Waals surface area contributed by atoms with Gasteiger partial charge in [-0.25, -0.2) is 4.79 Å². The van der Waals surface area contributed by atoms with Gasteiger partial charge in [0.1, 0.15) is 11.6 Å². The van der Waals surface area contributed by atoms with Gasteiger partial charge < -0.3 is 25.8 Å². The fourth-order valence-corrected chi connectivity index (χ4v) is 3.71. The van der Waals surface area contributed by atoms with Crippen LogP contribution in [0.1, 0.15) is 73.8 Å². The number of hydrogen-bond acceptors (Lipinski definition) is 5. The van der Waals surface area contributed by atoms with Crippen molar-refractivity contribution < 1.29 is 24.2 Å². The van der Waals surface area contributed by atoms with Crippen LogP contribution in [0.3, 0.4) is 0 Å². The first-order valence-corrected chi connectivity index (χ1v) is 12.5. The molecular weight excluding hydrogens is 446 g/mol. The maximum absolute atomic E-state index is 13.0. The molecule has 0 unspecified atom stereocenters. The minimum atomic E-state index is -0.953. The summed E-state index contributed by atoms with van der Waals surface area (Å²) in [6.45, 7) is 15.1. The zero-order valence-electron chi connectivity index (χ0n) is 22.6. The molecule has 198 valence electrons. The summed E-state index contributed by atoms with van der Waals surface area (Å²) in [4.78, 5) is 37.9. The van der Waals surface area contributed by atoms with Crippen LogP contribution >= 0.6 is 0 Å². The molecule has 0 bridgehead atoms. The highest BCUT2D eigenvalue weighted by Gasteiger charge is 2.32. The van der Waals surface area contributed by atoms with Gasteiger partial charge >= 0.3 is 6.09 Å². The van der Waals surface area contributed by atoms with E-state index in [4.69, 9.17) is 4.74 Å². The van der Waals surface area contributed by atoms with Gasteiger partial charge in [0.2, 0.25) is 11.8 Å². The van der Waals surface area contributed by atoms with E-state index < -0.39 is 35.8 Å². The molecular formula is C27H45N3O5. The molecule has 0 aliphatic heterocycles. The molecule has 0 radical (unpaired) electrons. The predicted molar refractivity (Wildman–Crippen MR) is 137 cm³/mol. The van der Waals surface area contributed by atoms with Crippen molar-refractivity contribution in [1.82, 2.24) is 16.0 Å². The smallest absolute Gasteiger partial charge is 0.407 e. The van der Waals surface area contributed by atoms with E-state index in [0.29, 0.717) is 13.0 Å². The number of rotatable bonds is 12. The Morgan fingerprint density at radius 2 is 1.51 bits per heavy atom. The molecule has 0 heterocycles. The average Bonchev–Trinajstić information content (AvgIpc) is 2.73. The van der Waals surface area contributed by atoms with Gasteiger partial charge in [0, 0.05) is 12.5 Å². The third kappa shape index (κ3) is 12.1. The van der Waals surface area contributed by atoms with Crippen molar-refractivity contribution >= 4 is 17.9 Å². The number of aliphatic hydroxyl groups excluding tert-OH is 1. The Labute approximate surface area is 210 Å². The van der Waals surface area contributed by atoms with Gasteiger partial charge in [-0.2, -0.15) is 0 Å². The van der Waals surface area contributed by atoms with Crippen LogP contribution in [-0.2, 0) is 20.9 Å². The third-order valence-electron chi connectivity index (χ3n) is 5.59. The Hall–Kier alpha value is -2.61. The predicted octanol–water partition coefficient (Wildman–Crippen LogP) is 3.77.